The molecule has 1 heterocycles. The van der Waals surface area contributed by atoms with E-state index in [2.05, 4.69) is 23.0 Å². The van der Waals surface area contributed by atoms with Crippen LogP contribution >= 0.6 is 11.3 Å². The molecule has 0 saturated carbocycles. The zero-order valence-corrected chi connectivity index (χ0v) is 11.3. The molecule has 0 fully saturated rings. The molecule has 1 unspecified atom stereocenters. The Balaban J connectivity index is 2.08. The fourth-order valence-electron chi connectivity index (χ4n) is 1.92. The number of rotatable bonds is 4. The highest BCUT2D eigenvalue weighted by Crippen LogP contribution is 2.32. The normalized spacial score (nSPS) is 12.6. The van der Waals surface area contributed by atoms with Gasteiger partial charge in [0.2, 0.25) is 0 Å². The van der Waals surface area contributed by atoms with Crippen LogP contribution in [-0.2, 0) is 6.54 Å². The van der Waals surface area contributed by atoms with Crippen molar-refractivity contribution >= 4 is 11.3 Å². The minimum atomic E-state index is -0.106. The van der Waals surface area contributed by atoms with Crippen LogP contribution in [0.2, 0.25) is 0 Å². The summed E-state index contributed by atoms with van der Waals surface area (Å²) in [7, 11) is 0. The molecule has 1 aromatic heterocycles. The quantitative estimate of drug-likeness (QED) is 0.793. The second kappa shape index (κ2) is 5.42. The average Bonchev–Trinajstić information content (AvgIpc) is 2.72. The lowest BCUT2D eigenvalue weighted by molar-refractivity contribution is 0.418. The zero-order chi connectivity index (χ0) is 13.1. The molecule has 0 aliphatic heterocycles. The molecule has 0 radical (unpaired) electrons. The van der Waals surface area contributed by atoms with Gasteiger partial charge in [-0.25, -0.2) is 0 Å². The van der Waals surface area contributed by atoms with Crippen LogP contribution in [0.25, 0.3) is 0 Å². The highest BCUT2D eigenvalue weighted by atomic mass is 32.1. The lowest BCUT2D eigenvalue weighted by atomic mass is 10.1. The average molecular weight is 263 g/mol. The van der Waals surface area contributed by atoms with Gasteiger partial charge in [-0.1, -0.05) is 6.07 Å². The van der Waals surface area contributed by atoms with Gasteiger partial charge in [0.1, 0.15) is 11.5 Å². The summed E-state index contributed by atoms with van der Waals surface area (Å²) in [6.07, 6.45) is 0. The maximum atomic E-state index is 9.78. The highest BCUT2D eigenvalue weighted by Gasteiger charge is 2.14. The van der Waals surface area contributed by atoms with Gasteiger partial charge in [-0.05, 0) is 47.9 Å². The summed E-state index contributed by atoms with van der Waals surface area (Å²) in [6, 6.07) is 4.70. The van der Waals surface area contributed by atoms with Gasteiger partial charge in [0, 0.05) is 12.6 Å². The van der Waals surface area contributed by atoms with Crippen LogP contribution < -0.4 is 5.32 Å². The van der Waals surface area contributed by atoms with E-state index in [1.807, 2.05) is 6.92 Å². The molecule has 1 atom stereocenters. The van der Waals surface area contributed by atoms with Gasteiger partial charge in [-0.3, -0.25) is 0 Å². The second-order valence-electron chi connectivity index (χ2n) is 4.39. The van der Waals surface area contributed by atoms with Crippen molar-refractivity contribution in [1.82, 2.24) is 5.32 Å². The van der Waals surface area contributed by atoms with Gasteiger partial charge >= 0.3 is 0 Å². The first kappa shape index (κ1) is 12.9. The van der Waals surface area contributed by atoms with E-state index in [-0.39, 0.29) is 17.5 Å². The first-order chi connectivity index (χ1) is 8.59. The van der Waals surface area contributed by atoms with Crippen LogP contribution in [0.1, 0.15) is 29.7 Å². The Hall–Kier alpha value is -1.52. The van der Waals surface area contributed by atoms with Gasteiger partial charge in [0.15, 0.2) is 0 Å². The monoisotopic (exact) mass is 263 g/mol. The van der Waals surface area contributed by atoms with Crippen LogP contribution in [0.15, 0.2) is 29.0 Å². The number of nitrogens with one attached hydrogen (secondary N) is 1. The smallest absolute Gasteiger partial charge is 0.124 e. The van der Waals surface area contributed by atoms with Crippen LogP contribution in [0, 0.1) is 6.92 Å². The number of aromatic hydroxyl groups is 2. The van der Waals surface area contributed by atoms with Crippen molar-refractivity contribution in [1.29, 1.82) is 0 Å². The van der Waals surface area contributed by atoms with Gasteiger partial charge < -0.3 is 15.5 Å². The van der Waals surface area contributed by atoms with E-state index in [0.717, 1.165) is 6.54 Å². The summed E-state index contributed by atoms with van der Waals surface area (Å²) in [4.78, 5) is 0. The van der Waals surface area contributed by atoms with E-state index in [0.29, 0.717) is 5.56 Å². The summed E-state index contributed by atoms with van der Waals surface area (Å²) in [5.41, 5.74) is 3.06. The molecular weight excluding hydrogens is 246 g/mol. The molecule has 96 valence electrons. The third-order valence-electron chi connectivity index (χ3n) is 3.05. The number of benzene rings is 1. The Kier molecular flexibility index (Phi) is 3.89. The Morgan fingerprint density at radius 2 is 1.89 bits per heavy atom. The zero-order valence-electron chi connectivity index (χ0n) is 10.5. The van der Waals surface area contributed by atoms with Crippen LogP contribution in [-0.4, -0.2) is 10.2 Å². The van der Waals surface area contributed by atoms with Gasteiger partial charge in [-0.2, -0.15) is 11.3 Å². The number of hydrogen-bond acceptors (Lipinski definition) is 4. The third-order valence-corrected chi connectivity index (χ3v) is 3.96. The summed E-state index contributed by atoms with van der Waals surface area (Å²) in [6.45, 7) is 4.73. The largest absolute Gasteiger partial charge is 0.507 e. The molecule has 0 saturated heterocycles. The fourth-order valence-corrected chi connectivity index (χ4v) is 2.77. The number of phenolic OH excluding ortho intramolecular Hbond substituents is 2. The van der Waals surface area contributed by atoms with E-state index in [9.17, 15) is 10.2 Å². The summed E-state index contributed by atoms with van der Waals surface area (Å²) in [5, 5.41) is 27.1. The maximum absolute atomic E-state index is 9.78. The Labute approximate surface area is 111 Å². The molecule has 0 spiro atoms. The predicted molar refractivity (Wildman–Crippen MR) is 74.1 cm³/mol. The molecule has 3 nitrogen and oxygen atoms in total. The predicted octanol–water partition coefficient (Wildman–Crippen LogP) is 3.32. The van der Waals surface area contributed by atoms with Crippen molar-refractivity contribution in [3.63, 3.8) is 0 Å². The SMILES string of the molecule is Cc1cscc1CNC(C)c1c(O)cccc1O. The molecular formula is C14H17NO2S. The molecule has 0 amide bonds. The second-order valence-corrected chi connectivity index (χ2v) is 5.14. The fraction of sp³-hybridized carbons (Fsp3) is 0.286. The van der Waals surface area contributed by atoms with Gasteiger partial charge in [0.25, 0.3) is 0 Å². The number of aryl methyl sites for hydroxylation is 1. The van der Waals surface area contributed by atoms with E-state index in [1.165, 1.54) is 11.1 Å². The lowest BCUT2D eigenvalue weighted by Crippen LogP contribution is -2.18. The minimum Gasteiger partial charge on any atom is -0.507 e. The van der Waals surface area contributed by atoms with Crippen molar-refractivity contribution in [2.24, 2.45) is 0 Å². The van der Waals surface area contributed by atoms with Gasteiger partial charge in [-0.15, -0.1) is 0 Å². The van der Waals surface area contributed by atoms with Crippen LogP contribution in [0.3, 0.4) is 0 Å². The first-order valence-electron chi connectivity index (χ1n) is 5.85. The number of hydrogen-bond donors (Lipinski definition) is 3. The lowest BCUT2D eigenvalue weighted by Gasteiger charge is -2.16. The summed E-state index contributed by atoms with van der Waals surface area (Å²) < 4.78 is 0. The molecule has 4 heteroatoms. The molecule has 2 rings (SSSR count). The van der Waals surface area contributed by atoms with Crippen molar-refractivity contribution < 1.29 is 10.2 Å². The molecule has 18 heavy (non-hydrogen) atoms. The Bertz CT molecular complexity index is 516. The van der Waals surface area contributed by atoms with Gasteiger partial charge in [0.05, 0.1) is 5.56 Å². The topological polar surface area (TPSA) is 52.5 Å². The standard InChI is InChI=1S/C14H17NO2S/c1-9-7-18-8-11(9)6-15-10(2)14-12(16)4-3-5-13(14)17/h3-5,7-8,10,15-17H,6H2,1-2H3. The van der Waals surface area contributed by atoms with Crippen molar-refractivity contribution in [3.8, 4) is 11.5 Å². The van der Waals surface area contributed by atoms with Crippen molar-refractivity contribution in [2.75, 3.05) is 0 Å². The molecule has 0 aliphatic carbocycles. The number of thiophene rings is 1. The molecule has 0 aliphatic rings. The molecule has 1 aromatic carbocycles. The van der Waals surface area contributed by atoms with Crippen molar-refractivity contribution in [2.45, 2.75) is 26.4 Å². The van der Waals surface area contributed by atoms with E-state index >= 15 is 0 Å². The summed E-state index contributed by atoms with van der Waals surface area (Å²) >= 11 is 1.68. The molecule has 0 bridgehead atoms. The molecule has 3 N–H and O–H groups in total. The van der Waals surface area contributed by atoms with Crippen LogP contribution in [0.5, 0.6) is 11.5 Å². The first-order valence-corrected chi connectivity index (χ1v) is 6.79. The van der Waals surface area contributed by atoms with E-state index in [1.54, 1.807) is 29.5 Å². The van der Waals surface area contributed by atoms with E-state index < -0.39 is 0 Å². The van der Waals surface area contributed by atoms with Crippen molar-refractivity contribution in [3.05, 3.63) is 45.6 Å². The minimum absolute atomic E-state index is 0.106. The van der Waals surface area contributed by atoms with E-state index in [4.69, 9.17) is 0 Å². The Morgan fingerprint density at radius 1 is 1.22 bits per heavy atom. The summed E-state index contributed by atoms with van der Waals surface area (Å²) in [5.74, 6) is 0.245. The highest BCUT2D eigenvalue weighted by molar-refractivity contribution is 7.08. The maximum Gasteiger partial charge on any atom is 0.124 e. The van der Waals surface area contributed by atoms with Crippen LogP contribution in [0.4, 0.5) is 0 Å². The molecule has 2 aromatic rings. The number of phenols is 2. The Morgan fingerprint density at radius 3 is 2.44 bits per heavy atom. The third kappa shape index (κ3) is 2.66.